The summed E-state index contributed by atoms with van der Waals surface area (Å²) in [6, 6.07) is 4.26. The van der Waals surface area contributed by atoms with Crippen LogP contribution in [-0.4, -0.2) is 19.6 Å². The van der Waals surface area contributed by atoms with Crippen LogP contribution in [0, 0.1) is 5.82 Å². The van der Waals surface area contributed by atoms with Gasteiger partial charge in [0, 0.05) is 12.6 Å². The number of hydrogen-bond donors (Lipinski definition) is 2. The largest absolute Gasteiger partial charge is 0.497 e. The SMILES string of the molecule is COc1cc(F)cc(CNC(=O)CN)c1. The van der Waals surface area contributed by atoms with Crippen molar-refractivity contribution in [3.05, 3.63) is 29.6 Å². The van der Waals surface area contributed by atoms with Crippen molar-refractivity contribution in [1.82, 2.24) is 5.32 Å². The van der Waals surface area contributed by atoms with Crippen molar-refractivity contribution in [1.29, 1.82) is 0 Å². The van der Waals surface area contributed by atoms with Crippen LogP contribution >= 0.6 is 0 Å². The average molecular weight is 212 g/mol. The third-order valence-electron chi connectivity index (χ3n) is 1.84. The number of carbonyl (C=O) groups excluding carboxylic acids is 1. The van der Waals surface area contributed by atoms with Crippen LogP contribution in [0.25, 0.3) is 0 Å². The molecule has 1 rings (SSSR count). The van der Waals surface area contributed by atoms with E-state index in [1.807, 2.05) is 0 Å². The van der Waals surface area contributed by atoms with Gasteiger partial charge in [0.25, 0.3) is 0 Å². The molecule has 0 fully saturated rings. The van der Waals surface area contributed by atoms with E-state index < -0.39 is 5.82 Å². The van der Waals surface area contributed by atoms with Gasteiger partial charge in [0.2, 0.25) is 5.91 Å². The quantitative estimate of drug-likeness (QED) is 0.759. The molecule has 3 N–H and O–H groups in total. The lowest BCUT2D eigenvalue weighted by Gasteiger charge is -2.06. The molecule has 82 valence electrons. The first-order chi connectivity index (χ1) is 7.15. The van der Waals surface area contributed by atoms with Crippen LogP contribution in [-0.2, 0) is 11.3 Å². The fourth-order valence-corrected chi connectivity index (χ4v) is 1.11. The van der Waals surface area contributed by atoms with Gasteiger partial charge in [-0.1, -0.05) is 0 Å². The Morgan fingerprint density at radius 1 is 1.53 bits per heavy atom. The number of ether oxygens (including phenoxy) is 1. The van der Waals surface area contributed by atoms with Crippen molar-refractivity contribution in [3.8, 4) is 5.75 Å². The Hall–Kier alpha value is -1.62. The molecule has 0 aromatic heterocycles. The summed E-state index contributed by atoms with van der Waals surface area (Å²) in [5.74, 6) is -0.253. The first-order valence-electron chi connectivity index (χ1n) is 4.46. The van der Waals surface area contributed by atoms with Crippen LogP contribution < -0.4 is 15.8 Å². The van der Waals surface area contributed by atoms with Gasteiger partial charge in [-0.05, 0) is 17.7 Å². The predicted octanol–water partition coefficient (Wildman–Crippen LogP) is 0.409. The third kappa shape index (κ3) is 3.55. The summed E-state index contributed by atoms with van der Waals surface area (Å²) in [5, 5.41) is 2.54. The molecule has 1 aromatic carbocycles. The van der Waals surface area contributed by atoms with E-state index >= 15 is 0 Å². The number of halogens is 1. The maximum absolute atomic E-state index is 13.0. The van der Waals surface area contributed by atoms with E-state index in [1.54, 1.807) is 6.07 Å². The Morgan fingerprint density at radius 2 is 2.27 bits per heavy atom. The minimum Gasteiger partial charge on any atom is -0.497 e. The minimum atomic E-state index is -0.397. The number of nitrogens with two attached hydrogens (primary N) is 1. The van der Waals surface area contributed by atoms with Crippen molar-refractivity contribution in [3.63, 3.8) is 0 Å². The zero-order chi connectivity index (χ0) is 11.3. The molecule has 0 atom stereocenters. The summed E-state index contributed by atoms with van der Waals surface area (Å²) in [6.07, 6.45) is 0. The fourth-order valence-electron chi connectivity index (χ4n) is 1.11. The van der Waals surface area contributed by atoms with Gasteiger partial charge < -0.3 is 15.8 Å². The Balaban J connectivity index is 2.68. The molecular formula is C10H13FN2O2. The smallest absolute Gasteiger partial charge is 0.234 e. The molecule has 0 radical (unpaired) electrons. The fraction of sp³-hybridized carbons (Fsp3) is 0.300. The monoisotopic (exact) mass is 212 g/mol. The van der Waals surface area contributed by atoms with Crippen molar-refractivity contribution in [2.45, 2.75) is 6.54 Å². The molecule has 0 bridgehead atoms. The topological polar surface area (TPSA) is 64.3 Å². The Morgan fingerprint density at radius 3 is 2.87 bits per heavy atom. The van der Waals surface area contributed by atoms with Crippen LogP contribution in [0.3, 0.4) is 0 Å². The average Bonchev–Trinajstić information content (AvgIpc) is 2.25. The number of rotatable bonds is 4. The normalized spacial score (nSPS) is 9.80. The van der Waals surface area contributed by atoms with Gasteiger partial charge in [-0.25, -0.2) is 4.39 Å². The second-order valence-corrected chi connectivity index (χ2v) is 2.98. The van der Waals surface area contributed by atoms with Crippen molar-refractivity contribution >= 4 is 5.91 Å². The van der Waals surface area contributed by atoms with E-state index in [9.17, 15) is 9.18 Å². The molecule has 0 aliphatic heterocycles. The first kappa shape index (κ1) is 11.5. The predicted molar refractivity (Wildman–Crippen MR) is 53.9 cm³/mol. The Bertz CT molecular complexity index is 355. The molecule has 1 amide bonds. The zero-order valence-corrected chi connectivity index (χ0v) is 8.42. The summed E-state index contributed by atoms with van der Waals surface area (Å²) in [6.45, 7) is 0.163. The van der Waals surface area contributed by atoms with Crippen LogP contribution in [0.4, 0.5) is 4.39 Å². The number of nitrogens with one attached hydrogen (secondary N) is 1. The van der Waals surface area contributed by atoms with E-state index in [-0.39, 0.29) is 19.0 Å². The minimum absolute atomic E-state index is 0.0769. The molecular weight excluding hydrogens is 199 g/mol. The van der Waals surface area contributed by atoms with Crippen LogP contribution in [0.5, 0.6) is 5.75 Å². The van der Waals surface area contributed by atoms with E-state index in [4.69, 9.17) is 10.5 Å². The molecule has 0 saturated carbocycles. The van der Waals surface area contributed by atoms with E-state index in [1.165, 1.54) is 19.2 Å². The molecule has 5 heteroatoms. The second-order valence-electron chi connectivity index (χ2n) is 2.98. The molecule has 0 unspecified atom stereocenters. The molecule has 0 aliphatic rings. The van der Waals surface area contributed by atoms with Crippen LogP contribution in [0.15, 0.2) is 18.2 Å². The van der Waals surface area contributed by atoms with Crippen LogP contribution in [0.2, 0.25) is 0 Å². The maximum atomic E-state index is 13.0. The van der Waals surface area contributed by atoms with E-state index in [2.05, 4.69) is 5.32 Å². The molecule has 4 nitrogen and oxygen atoms in total. The summed E-state index contributed by atoms with van der Waals surface area (Å²) in [4.78, 5) is 10.9. The number of methoxy groups -OCH3 is 1. The second kappa shape index (κ2) is 5.31. The van der Waals surface area contributed by atoms with Gasteiger partial charge in [0.05, 0.1) is 13.7 Å². The van der Waals surface area contributed by atoms with Crippen molar-refractivity contribution in [2.24, 2.45) is 5.73 Å². The van der Waals surface area contributed by atoms with Gasteiger partial charge in [-0.15, -0.1) is 0 Å². The highest BCUT2D eigenvalue weighted by Crippen LogP contribution is 2.15. The highest BCUT2D eigenvalue weighted by Gasteiger charge is 2.02. The van der Waals surface area contributed by atoms with Crippen molar-refractivity contribution in [2.75, 3.05) is 13.7 Å². The van der Waals surface area contributed by atoms with Crippen LogP contribution in [0.1, 0.15) is 5.56 Å². The first-order valence-corrected chi connectivity index (χ1v) is 4.46. The van der Waals surface area contributed by atoms with Gasteiger partial charge in [-0.3, -0.25) is 4.79 Å². The number of carbonyl (C=O) groups is 1. The third-order valence-corrected chi connectivity index (χ3v) is 1.84. The summed E-state index contributed by atoms with van der Waals surface area (Å²) < 4.78 is 17.9. The lowest BCUT2D eigenvalue weighted by Crippen LogP contribution is -2.29. The number of amides is 1. The zero-order valence-electron chi connectivity index (χ0n) is 8.42. The van der Waals surface area contributed by atoms with E-state index in [0.29, 0.717) is 11.3 Å². The van der Waals surface area contributed by atoms with E-state index in [0.717, 1.165) is 0 Å². The summed E-state index contributed by atoms with van der Waals surface area (Å²) in [7, 11) is 1.46. The Kier molecular flexibility index (Phi) is 4.05. The van der Waals surface area contributed by atoms with Gasteiger partial charge in [-0.2, -0.15) is 0 Å². The summed E-state index contributed by atoms with van der Waals surface area (Å²) in [5.41, 5.74) is 5.74. The lowest BCUT2D eigenvalue weighted by atomic mass is 10.2. The Labute approximate surface area is 87.2 Å². The molecule has 0 spiro atoms. The molecule has 0 aliphatic carbocycles. The van der Waals surface area contributed by atoms with Gasteiger partial charge in [0.1, 0.15) is 11.6 Å². The number of benzene rings is 1. The highest BCUT2D eigenvalue weighted by molar-refractivity contribution is 5.77. The highest BCUT2D eigenvalue weighted by atomic mass is 19.1. The van der Waals surface area contributed by atoms with Gasteiger partial charge >= 0.3 is 0 Å². The molecule has 15 heavy (non-hydrogen) atoms. The molecule has 1 aromatic rings. The van der Waals surface area contributed by atoms with Gasteiger partial charge in [0.15, 0.2) is 0 Å². The molecule has 0 heterocycles. The number of hydrogen-bond acceptors (Lipinski definition) is 3. The standard InChI is InChI=1S/C10H13FN2O2/c1-15-9-3-7(2-8(11)4-9)6-13-10(14)5-12/h2-4H,5-6,12H2,1H3,(H,13,14). The van der Waals surface area contributed by atoms with Crippen molar-refractivity contribution < 1.29 is 13.9 Å². The molecule has 0 saturated heterocycles. The maximum Gasteiger partial charge on any atom is 0.234 e. The lowest BCUT2D eigenvalue weighted by molar-refractivity contribution is -0.119. The summed E-state index contributed by atoms with van der Waals surface area (Å²) >= 11 is 0.